The monoisotopic (exact) mass is 418 g/mol. The number of hydrogen-bond donors (Lipinski definition) is 1. The van der Waals surface area contributed by atoms with Crippen molar-refractivity contribution in [1.82, 2.24) is 15.1 Å². The fraction of sp³-hybridized carbons (Fsp3) is 0.292. The van der Waals surface area contributed by atoms with Crippen LogP contribution in [0.1, 0.15) is 40.2 Å². The molecule has 1 fully saturated rings. The molecule has 5 nitrogen and oxygen atoms in total. The number of rotatable bonds is 5. The lowest BCUT2D eigenvalue weighted by Crippen LogP contribution is -2.48. The molecule has 3 aromatic rings. The number of nitrogens with zero attached hydrogens (tertiary/aromatic N) is 3. The van der Waals surface area contributed by atoms with E-state index in [2.05, 4.69) is 18.3 Å². The van der Waals surface area contributed by atoms with Gasteiger partial charge in [0, 0.05) is 29.4 Å². The summed E-state index contributed by atoms with van der Waals surface area (Å²) in [5, 5.41) is 17.5. The maximum atomic E-state index is 12.5. The van der Waals surface area contributed by atoms with Crippen molar-refractivity contribution in [1.29, 1.82) is 5.26 Å². The molecule has 1 aromatic heterocycles. The van der Waals surface area contributed by atoms with Crippen molar-refractivity contribution in [2.24, 2.45) is 5.92 Å². The van der Waals surface area contributed by atoms with Gasteiger partial charge in [-0.3, -0.25) is 9.48 Å². The van der Waals surface area contributed by atoms with E-state index in [0.717, 1.165) is 41.9 Å². The summed E-state index contributed by atoms with van der Waals surface area (Å²) in [5.41, 5.74) is 5.16. The highest BCUT2D eigenvalue weighted by atomic mass is 35.5. The first-order chi connectivity index (χ1) is 14.5. The smallest absolute Gasteiger partial charge is 0.251 e. The quantitative estimate of drug-likeness (QED) is 0.640. The number of halogens is 1. The third-order valence-electron chi connectivity index (χ3n) is 5.94. The first-order valence-electron chi connectivity index (χ1n) is 10.1. The van der Waals surface area contributed by atoms with Gasteiger partial charge in [0.15, 0.2) is 0 Å². The molecule has 1 aliphatic carbocycles. The number of amides is 1. The molecule has 2 unspecified atom stereocenters. The van der Waals surface area contributed by atoms with Crippen LogP contribution < -0.4 is 5.32 Å². The van der Waals surface area contributed by atoms with Gasteiger partial charge in [0.1, 0.15) is 6.07 Å². The van der Waals surface area contributed by atoms with Gasteiger partial charge in [-0.25, -0.2) is 0 Å². The molecule has 1 saturated carbocycles. The average Bonchev–Trinajstić information content (AvgIpc) is 3.02. The molecule has 1 N–H and O–H groups in total. The van der Waals surface area contributed by atoms with Crippen LogP contribution >= 0.6 is 11.6 Å². The van der Waals surface area contributed by atoms with Crippen LogP contribution in [0.15, 0.2) is 48.5 Å². The van der Waals surface area contributed by atoms with E-state index in [9.17, 15) is 4.79 Å². The van der Waals surface area contributed by atoms with Crippen LogP contribution in [-0.2, 0) is 6.54 Å². The van der Waals surface area contributed by atoms with E-state index in [1.54, 1.807) is 6.07 Å². The molecule has 0 saturated heterocycles. The zero-order valence-electron chi connectivity index (χ0n) is 17.0. The number of nitrogens with one attached hydrogen (secondary N) is 1. The lowest BCUT2D eigenvalue weighted by atomic mass is 9.79. The Hall–Kier alpha value is -3.10. The highest BCUT2D eigenvalue weighted by Gasteiger charge is 2.33. The number of benzene rings is 2. The molecular formula is C24H23ClN4O. The highest BCUT2D eigenvalue weighted by Crippen LogP contribution is 2.33. The van der Waals surface area contributed by atoms with E-state index < -0.39 is 0 Å². The number of aryl methyl sites for hydroxylation is 1. The minimum absolute atomic E-state index is 0.0217. The van der Waals surface area contributed by atoms with E-state index in [0.29, 0.717) is 22.1 Å². The number of hydrogen-bond acceptors (Lipinski definition) is 3. The van der Waals surface area contributed by atoms with Gasteiger partial charge in [0.2, 0.25) is 0 Å². The molecule has 152 valence electrons. The van der Waals surface area contributed by atoms with Crippen LogP contribution in [0.3, 0.4) is 0 Å². The summed E-state index contributed by atoms with van der Waals surface area (Å²) in [6, 6.07) is 17.1. The maximum Gasteiger partial charge on any atom is 0.251 e. The van der Waals surface area contributed by atoms with Crippen molar-refractivity contribution in [3.8, 4) is 17.2 Å². The highest BCUT2D eigenvalue weighted by molar-refractivity contribution is 6.32. The van der Waals surface area contributed by atoms with Crippen molar-refractivity contribution >= 4 is 17.5 Å². The number of carbonyl (C=O) groups is 1. The van der Waals surface area contributed by atoms with E-state index in [1.807, 2.05) is 54.1 Å². The topological polar surface area (TPSA) is 70.7 Å². The summed E-state index contributed by atoms with van der Waals surface area (Å²) >= 11 is 6.23. The van der Waals surface area contributed by atoms with E-state index in [1.165, 1.54) is 0 Å². The zero-order valence-corrected chi connectivity index (χ0v) is 17.8. The molecule has 0 spiro atoms. The molecule has 1 heterocycles. The Bertz CT molecular complexity index is 1130. The van der Waals surface area contributed by atoms with Crippen LogP contribution in [0, 0.1) is 31.1 Å². The van der Waals surface area contributed by atoms with Crippen LogP contribution in [0.2, 0.25) is 5.02 Å². The van der Waals surface area contributed by atoms with Crippen molar-refractivity contribution in [3.63, 3.8) is 0 Å². The molecular weight excluding hydrogens is 396 g/mol. The molecule has 6 heteroatoms. The molecule has 4 rings (SSSR count). The summed E-state index contributed by atoms with van der Waals surface area (Å²) < 4.78 is 2.03. The van der Waals surface area contributed by atoms with Crippen LogP contribution in [0.5, 0.6) is 0 Å². The summed E-state index contributed by atoms with van der Waals surface area (Å²) in [4.78, 5) is 12.5. The van der Waals surface area contributed by atoms with E-state index in [-0.39, 0.29) is 11.9 Å². The zero-order chi connectivity index (χ0) is 21.3. The SMILES string of the molecule is Cc1nn(CC2CCC2NC(=O)c2ccccc2)c(C)c1-c1ccc(C#N)c(Cl)c1. The second-order valence-corrected chi connectivity index (χ2v) is 8.22. The molecule has 0 aliphatic heterocycles. The van der Waals surface area contributed by atoms with Crippen molar-refractivity contribution in [3.05, 3.63) is 76.1 Å². The molecule has 1 amide bonds. The predicted octanol–water partition coefficient (Wildman–Crippen LogP) is 4.90. The number of aromatic nitrogens is 2. The molecule has 0 radical (unpaired) electrons. The van der Waals surface area contributed by atoms with Gasteiger partial charge in [0.05, 0.1) is 16.3 Å². The predicted molar refractivity (Wildman–Crippen MR) is 117 cm³/mol. The summed E-state index contributed by atoms with van der Waals surface area (Å²) in [7, 11) is 0. The Labute approximate surface area is 181 Å². The van der Waals surface area contributed by atoms with Crippen molar-refractivity contribution in [2.45, 2.75) is 39.3 Å². The minimum atomic E-state index is -0.0217. The maximum absolute atomic E-state index is 12.5. The van der Waals surface area contributed by atoms with Crippen molar-refractivity contribution in [2.75, 3.05) is 0 Å². The summed E-state index contributed by atoms with van der Waals surface area (Å²) in [5.74, 6) is 0.333. The van der Waals surface area contributed by atoms with E-state index >= 15 is 0 Å². The fourth-order valence-electron chi connectivity index (χ4n) is 4.09. The van der Waals surface area contributed by atoms with Gasteiger partial charge in [-0.05, 0) is 62.4 Å². The number of nitriles is 1. The van der Waals surface area contributed by atoms with Gasteiger partial charge in [-0.15, -0.1) is 0 Å². The van der Waals surface area contributed by atoms with Gasteiger partial charge in [0.25, 0.3) is 5.91 Å². The van der Waals surface area contributed by atoms with Gasteiger partial charge >= 0.3 is 0 Å². The first-order valence-corrected chi connectivity index (χ1v) is 10.5. The van der Waals surface area contributed by atoms with Gasteiger partial charge in [-0.1, -0.05) is 35.9 Å². The molecule has 30 heavy (non-hydrogen) atoms. The summed E-state index contributed by atoms with van der Waals surface area (Å²) in [6.45, 7) is 4.80. The Morgan fingerprint density at radius 3 is 2.63 bits per heavy atom. The fourth-order valence-corrected chi connectivity index (χ4v) is 4.32. The Morgan fingerprint density at radius 2 is 2.00 bits per heavy atom. The molecule has 2 atom stereocenters. The van der Waals surface area contributed by atoms with Gasteiger partial charge in [-0.2, -0.15) is 10.4 Å². The van der Waals surface area contributed by atoms with Crippen LogP contribution in [0.25, 0.3) is 11.1 Å². The van der Waals surface area contributed by atoms with Crippen molar-refractivity contribution < 1.29 is 4.79 Å². The summed E-state index contributed by atoms with van der Waals surface area (Å²) in [6.07, 6.45) is 2.05. The minimum Gasteiger partial charge on any atom is -0.349 e. The van der Waals surface area contributed by atoms with E-state index in [4.69, 9.17) is 22.0 Å². The lowest BCUT2D eigenvalue weighted by molar-refractivity contribution is 0.0858. The van der Waals surface area contributed by atoms with Gasteiger partial charge < -0.3 is 5.32 Å². The Balaban J connectivity index is 1.49. The lowest BCUT2D eigenvalue weighted by Gasteiger charge is -2.37. The first kappa shape index (κ1) is 20.2. The third-order valence-corrected chi connectivity index (χ3v) is 6.25. The molecule has 1 aliphatic rings. The average molecular weight is 419 g/mol. The Kier molecular flexibility index (Phi) is 5.61. The number of carbonyl (C=O) groups excluding carboxylic acids is 1. The second-order valence-electron chi connectivity index (χ2n) is 7.82. The Morgan fingerprint density at radius 1 is 1.23 bits per heavy atom. The third kappa shape index (κ3) is 3.83. The van der Waals surface area contributed by atoms with Crippen LogP contribution in [0.4, 0.5) is 0 Å². The normalized spacial score (nSPS) is 17.8. The van der Waals surface area contributed by atoms with Crippen LogP contribution in [-0.4, -0.2) is 21.7 Å². The second kappa shape index (κ2) is 8.33. The largest absolute Gasteiger partial charge is 0.349 e. The standard InChI is InChI=1S/C24H23ClN4O/c1-15-23(18-8-9-19(13-26)21(25)12-18)16(2)29(28-15)14-20-10-11-22(20)27-24(30)17-6-4-3-5-7-17/h3-9,12,20,22H,10-11,14H2,1-2H3,(H,27,30). The molecule has 0 bridgehead atoms. The molecule has 2 aromatic carbocycles.